The van der Waals surface area contributed by atoms with Crippen molar-refractivity contribution in [3.05, 3.63) is 247 Å². The Kier molecular flexibility index (Phi) is 10.9. The molecule has 12 rings (SSSR count). The van der Waals surface area contributed by atoms with Gasteiger partial charge < -0.3 is 4.57 Å². The fourth-order valence-corrected chi connectivity index (χ4v) is 9.56. The maximum Gasteiger partial charge on any atom is 0.160 e. The summed E-state index contributed by atoms with van der Waals surface area (Å²) in [4.78, 5) is 21.2. The van der Waals surface area contributed by atoms with Crippen LogP contribution in [0.4, 0.5) is 0 Å². The van der Waals surface area contributed by atoms with E-state index in [1.165, 1.54) is 11.1 Å². The number of aryl methyl sites for hydroxylation is 2. The molecule has 0 aliphatic rings. The van der Waals surface area contributed by atoms with Gasteiger partial charge in [0.15, 0.2) is 11.6 Å². The smallest absolute Gasteiger partial charge is 0.160 e. The number of hydrogen-bond donors (Lipinski definition) is 0. The summed E-state index contributed by atoms with van der Waals surface area (Å²) in [6, 6.07) is 82.1. The fraction of sp³-hybridized carbons (Fsp3) is 0.0308. The summed E-state index contributed by atoms with van der Waals surface area (Å²) in [5, 5.41) is 13.2. The van der Waals surface area contributed by atoms with Gasteiger partial charge in [-0.3, -0.25) is 0 Å². The Labute approximate surface area is 412 Å². The molecule has 0 radical (unpaired) electrons. The van der Waals surface area contributed by atoms with Crippen LogP contribution in [0.1, 0.15) is 16.7 Å². The molecule has 3 heterocycles. The van der Waals surface area contributed by atoms with Crippen molar-refractivity contribution < 1.29 is 0 Å². The molecule has 71 heavy (non-hydrogen) atoms. The van der Waals surface area contributed by atoms with Crippen LogP contribution in [0.3, 0.4) is 0 Å². The van der Waals surface area contributed by atoms with Crippen molar-refractivity contribution in [1.82, 2.24) is 24.5 Å². The molecule has 0 amide bonds. The van der Waals surface area contributed by atoms with E-state index in [0.29, 0.717) is 28.6 Å². The minimum absolute atomic E-state index is 0.463. The first-order valence-corrected chi connectivity index (χ1v) is 23.8. The Morgan fingerprint density at radius 3 is 1.07 bits per heavy atom. The zero-order valence-electron chi connectivity index (χ0n) is 39.1. The van der Waals surface area contributed by atoms with E-state index in [0.717, 1.165) is 94.5 Å². The number of rotatable bonds is 9. The van der Waals surface area contributed by atoms with Crippen LogP contribution in [-0.2, 0) is 0 Å². The lowest BCUT2D eigenvalue weighted by molar-refractivity contribution is 1.14. The predicted molar refractivity (Wildman–Crippen MR) is 290 cm³/mol. The molecule has 0 atom stereocenters. The Balaban J connectivity index is 1.23. The highest BCUT2D eigenvalue weighted by atomic mass is 15.0. The van der Waals surface area contributed by atoms with Crippen molar-refractivity contribution in [1.29, 1.82) is 5.26 Å². The Morgan fingerprint density at radius 2 is 0.690 bits per heavy atom. The average molecular weight is 909 g/mol. The van der Waals surface area contributed by atoms with E-state index in [-0.39, 0.29) is 0 Å². The monoisotopic (exact) mass is 908 g/mol. The van der Waals surface area contributed by atoms with Crippen LogP contribution in [0.5, 0.6) is 0 Å². The van der Waals surface area contributed by atoms with Crippen molar-refractivity contribution >= 4 is 21.8 Å². The summed E-state index contributed by atoms with van der Waals surface area (Å²) in [7, 11) is 0. The van der Waals surface area contributed by atoms with Crippen molar-refractivity contribution in [3.63, 3.8) is 0 Å². The molecular weight excluding hydrogens is 865 g/mol. The average Bonchev–Trinajstić information content (AvgIpc) is 3.76. The maximum atomic E-state index is 11.1. The first kappa shape index (κ1) is 42.8. The standard InChI is InChI=1S/C65H44N6/c1-42-23-27-45(28-24-42)51-31-33-61-53(37-51)54-38-52(46-29-25-43(2)26-30-46)32-34-62(54)71(61)63-55(59-39-57(47-15-7-3-8-16-47)67-64(69-59)49-19-11-5-12-20-49)35-44(41-66)36-56(63)60-40-58(48-17-9-4-10-18-48)68-65(70-60)50-21-13-6-14-22-50/h3-40H,1-2H3. The molecule has 0 N–H and O–H groups in total. The molecule has 0 aliphatic carbocycles. The van der Waals surface area contributed by atoms with E-state index < -0.39 is 0 Å². The lowest BCUT2D eigenvalue weighted by Gasteiger charge is -2.20. The summed E-state index contributed by atoms with van der Waals surface area (Å²) in [5.41, 5.74) is 18.2. The van der Waals surface area contributed by atoms with Crippen LogP contribution in [0.25, 0.3) is 118 Å². The minimum Gasteiger partial charge on any atom is -0.308 e. The van der Waals surface area contributed by atoms with Gasteiger partial charge in [0.1, 0.15) is 0 Å². The molecule has 334 valence electrons. The van der Waals surface area contributed by atoms with Crippen LogP contribution in [0.15, 0.2) is 231 Å². The van der Waals surface area contributed by atoms with Crippen LogP contribution >= 0.6 is 0 Å². The molecule has 0 unspecified atom stereocenters. The predicted octanol–water partition coefficient (Wildman–Crippen LogP) is 16.2. The Bertz CT molecular complexity index is 3610. The molecule has 6 nitrogen and oxygen atoms in total. The van der Waals surface area contributed by atoms with Gasteiger partial charge in [-0.15, -0.1) is 0 Å². The zero-order chi connectivity index (χ0) is 47.8. The molecular formula is C65H44N6. The molecule has 12 aromatic rings. The first-order valence-electron chi connectivity index (χ1n) is 23.8. The van der Waals surface area contributed by atoms with Crippen LogP contribution < -0.4 is 0 Å². The van der Waals surface area contributed by atoms with E-state index in [1.54, 1.807) is 0 Å². The first-order chi connectivity index (χ1) is 34.9. The van der Waals surface area contributed by atoms with Gasteiger partial charge in [0.05, 0.1) is 51.1 Å². The summed E-state index contributed by atoms with van der Waals surface area (Å²) >= 11 is 0. The molecule has 0 fully saturated rings. The summed E-state index contributed by atoms with van der Waals surface area (Å²) < 4.78 is 2.35. The quantitative estimate of drug-likeness (QED) is 0.144. The molecule has 0 spiro atoms. The van der Waals surface area contributed by atoms with Gasteiger partial charge in [-0.2, -0.15) is 5.26 Å². The van der Waals surface area contributed by atoms with E-state index >= 15 is 0 Å². The Morgan fingerprint density at radius 1 is 0.338 bits per heavy atom. The molecule has 0 saturated heterocycles. The van der Waals surface area contributed by atoms with E-state index in [2.05, 4.69) is 146 Å². The van der Waals surface area contributed by atoms with Gasteiger partial charge in [0.2, 0.25) is 0 Å². The number of nitrogens with zero attached hydrogens (tertiary/aromatic N) is 6. The van der Waals surface area contributed by atoms with Crippen molar-refractivity contribution in [3.8, 4) is 102 Å². The van der Waals surface area contributed by atoms with Crippen molar-refractivity contribution in [2.24, 2.45) is 0 Å². The number of fused-ring (bicyclic) bond motifs is 3. The molecule has 0 aliphatic heterocycles. The minimum atomic E-state index is 0.463. The summed E-state index contributed by atoms with van der Waals surface area (Å²) in [5.74, 6) is 1.15. The Hall–Kier alpha value is -9.57. The van der Waals surface area contributed by atoms with E-state index in [9.17, 15) is 5.26 Å². The third kappa shape index (κ3) is 8.22. The second-order valence-electron chi connectivity index (χ2n) is 18.0. The highest BCUT2D eigenvalue weighted by Crippen LogP contribution is 2.45. The van der Waals surface area contributed by atoms with Gasteiger partial charge in [0.25, 0.3) is 0 Å². The maximum absolute atomic E-state index is 11.1. The second kappa shape index (κ2) is 18.2. The molecule has 9 aromatic carbocycles. The fourth-order valence-electron chi connectivity index (χ4n) is 9.56. The largest absolute Gasteiger partial charge is 0.308 e. The van der Waals surface area contributed by atoms with Crippen LogP contribution in [0.2, 0.25) is 0 Å². The molecule has 3 aromatic heterocycles. The third-order valence-electron chi connectivity index (χ3n) is 13.2. The van der Waals surface area contributed by atoms with Crippen molar-refractivity contribution in [2.75, 3.05) is 0 Å². The number of benzene rings is 9. The SMILES string of the molecule is Cc1ccc(-c2ccc3c(c2)c2cc(-c4ccc(C)cc4)ccc2n3-c2c(-c3cc(-c4ccccc4)nc(-c4ccccc4)n3)cc(C#N)cc2-c2cc(-c3ccccc3)nc(-c3ccccc3)n2)cc1. The highest BCUT2D eigenvalue weighted by Gasteiger charge is 2.25. The van der Waals surface area contributed by atoms with Crippen molar-refractivity contribution in [2.45, 2.75) is 13.8 Å². The topological polar surface area (TPSA) is 80.3 Å². The third-order valence-corrected chi connectivity index (χ3v) is 13.2. The van der Waals surface area contributed by atoms with E-state index in [1.807, 2.05) is 109 Å². The lowest BCUT2D eigenvalue weighted by Crippen LogP contribution is -2.05. The number of nitriles is 1. The van der Waals surface area contributed by atoms with Gasteiger partial charge in [-0.25, -0.2) is 19.9 Å². The van der Waals surface area contributed by atoms with E-state index in [4.69, 9.17) is 19.9 Å². The van der Waals surface area contributed by atoms with Gasteiger partial charge in [-0.05, 0) is 84.6 Å². The zero-order valence-corrected chi connectivity index (χ0v) is 39.1. The van der Waals surface area contributed by atoms with Gasteiger partial charge >= 0.3 is 0 Å². The van der Waals surface area contributed by atoms with Gasteiger partial charge in [-0.1, -0.05) is 193 Å². The highest BCUT2D eigenvalue weighted by molar-refractivity contribution is 6.13. The normalized spacial score (nSPS) is 11.2. The van der Waals surface area contributed by atoms with Crippen LogP contribution in [0, 0.1) is 25.2 Å². The number of aromatic nitrogens is 5. The summed E-state index contributed by atoms with van der Waals surface area (Å²) in [6.07, 6.45) is 0. The second-order valence-corrected chi connectivity index (χ2v) is 18.0. The molecule has 0 bridgehead atoms. The lowest BCUT2D eigenvalue weighted by atomic mass is 9.95. The summed E-state index contributed by atoms with van der Waals surface area (Å²) in [6.45, 7) is 4.24. The molecule has 6 heteroatoms. The van der Waals surface area contributed by atoms with Crippen LogP contribution in [-0.4, -0.2) is 24.5 Å². The molecule has 0 saturated carbocycles. The van der Waals surface area contributed by atoms with Gasteiger partial charge in [0, 0.05) is 44.2 Å². The number of hydrogen-bond acceptors (Lipinski definition) is 5.